The Morgan fingerprint density at radius 2 is 2.03 bits per heavy atom. The van der Waals surface area contributed by atoms with Crippen LogP contribution < -0.4 is 20.9 Å². The van der Waals surface area contributed by atoms with E-state index in [1.165, 1.54) is 5.00 Å². The zero-order valence-electron chi connectivity index (χ0n) is 18.0. The monoisotopic (exact) mass is 537 g/mol. The van der Waals surface area contributed by atoms with Crippen molar-refractivity contribution in [1.29, 1.82) is 0 Å². The van der Waals surface area contributed by atoms with Crippen LogP contribution in [0.1, 0.15) is 47.0 Å². The summed E-state index contributed by atoms with van der Waals surface area (Å²) in [6.07, 6.45) is 2.59. The molecule has 1 fully saturated rings. The van der Waals surface area contributed by atoms with Crippen molar-refractivity contribution in [3.05, 3.63) is 17.5 Å². The molecule has 166 valence electrons. The first-order valence-electron chi connectivity index (χ1n) is 10.2. The summed E-state index contributed by atoms with van der Waals surface area (Å²) in [5.41, 5.74) is -0.469. The van der Waals surface area contributed by atoms with Gasteiger partial charge in [0.15, 0.2) is 5.96 Å². The molecule has 0 unspecified atom stereocenters. The number of alkyl carbamates (subject to hydrolysis) is 1. The van der Waals surface area contributed by atoms with Crippen LogP contribution in [-0.2, 0) is 4.74 Å². The Morgan fingerprint density at radius 3 is 2.62 bits per heavy atom. The van der Waals surface area contributed by atoms with Gasteiger partial charge in [-0.1, -0.05) is 0 Å². The molecule has 0 bridgehead atoms. The van der Waals surface area contributed by atoms with Gasteiger partial charge >= 0.3 is 6.09 Å². The molecule has 0 saturated carbocycles. The van der Waals surface area contributed by atoms with E-state index in [1.54, 1.807) is 11.3 Å². The number of nitrogens with zero attached hydrogens (tertiary/aromatic N) is 2. The number of halogens is 1. The first-order valence-corrected chi connectivity index (χ1v) is 11.1. The second-order valence-electron chi connectivity index (χ2n) is 7.90. The summed E-state index contributed by atoms with van der Waals surface area (Å²) in [7, 11) is 0. The minimum Gasteiger partial charge on any atom is -0.444 e. The van der Waals surface area contributed by atoms with E-state index in [4.69, 9.17) is 4.74 Å². The van der Waals surface area contributed by atoms with Crippen LogP contribution in [0.2, 0.25) is 0 Å². The van der Waals surface area contributed by atoms with Gasteiger partial charge in [0.1, 0.15) is 5.60 Å². The summed E-state index contributed by atoms with van der Waals surface area (Å²) in [5.74, 6) is 0.856. The zero-order chi connectivity index (χ0) is 20.4. The van der Waals surface area contributed by atoms with Crippen molar-refractivity contribution < 1.29 is 9.53 Å². The molecule has 1 aliphatic heterocycles. The van der Waals surface area contributed by atoms with E-state index < -0.39 is 5.60 Å². The molecule has 1 saturated heterocycles. The third-order valence-corrected chi connectivity index (χ3v) is 5.20. The van der Waals surface area contributed by atoms with Gasteiger partial charge in [-0.15, -0.1) is 35.3 Å². The highest BCUT2D eigenvalue weighted by Gasteiger charge is 2.20. The molecule has 1 amide bonds. The number of anilines is 1. The maximum atomic E-state index is 11.6. The van der Waals surface area contributed by atoms with Crippen molar-refractivity contribution in [3.8, 4) is 0 Å². The Bertz CT molecular complexity index is 611. The number of carbonyl (C=O) groups excluding carboxylic acids is 1. The fourth-order valence-electron chi connectivity index (χ4n) is 2.98. The maximum Gasteiger partial charge on any atom is 0.407 e. The van der Waals surface area contributed by atoms with E-state index in [9.17, 15) is 4.79 Å². The number of amides is 1. The topological polar surface area (TPSA) is 78.0 Å². The lowest BCUT2D eigenvalue weighted by Gasteiger charge is -2.33. The average Bonchev–Trinajstić information content (AvgIpc) is 3.15. The van der Waals surface area contributed by atoms with Crippen LogP contribution in [0.5, 0.6) is 0 Å². The molecule has 9 heteroatoms. The quantitative estimate of drug-likeness (QED) is 0.214. The maximum absolute atomic E-state index is 11.6. The number of piperidine rings is 1. The van der Waals surface area contributed by atoms with Gasteiger partial charge in [-0.25, -0.2) is 4.79 Å². The van der Waals surface area contributed by atoms with Crippen LogP contribution >= 0.6 is 35.3 Å². The Labute approximate surface area is 196 Å². The van der Waals surface area contributed by atoms with E-state index >= 15 is 0 Å². The number of nitrogens with one attached hydrogen (secondary N) is 3. The Kier molecular flexibility index (Phi) is 11.7. The lowest BCUT2D eigenvalue weighted by molar-refractivity contribution is 0.0527. The van der Waals surface area contributed by atoms with Crippen LogP contribution in [0.4, 0.5) is 9.80 Å². The van der Waals surface area contributed by atoms with Gasteiger partial charge in [0.05, 0.1) is 5.00 Å². The van der Waals surface area contributed by atoms with E-state index in [1.807, 2.05) is 20.8 Å². The smallest absolute Gasteiger partial charge is 0.407 e. The van der Waals surface area contributed by atoms with Crippen LogP contribution in [0.25, 0.3) is 0 Å². The number of rotatable bonds is 7. The highest BCUT2D eigenvalue weighted by molar-refractivity contribution is 14.0. The molecular weight excluding hydrogens is 501 g/mol. The lowest BCUT2D eigenvalue weighted by Crippen LogP contribution is -2.48. The van der Waals surface area contributed by atoms with Crippen LogP contribution in [0, 0.1) is 0 Å². The average molecular weight is 538 g/mol. The lowest BCUT2D eigenvalue weighted by atomic mass is 10.1. The number of carbonyl (C=O) groups is 1. The molecule has 0 atom stereocenters. The Balaban J connectivity index is 0.00000420. The molecule has 2 rings (SSSR count). The Hall–Kier alpha value is -1.23. The van der Waals surface area contributed by atoms with Gasteiger partial charge in [0.2, 0.25) is 0 Å². The van der Waals surface area contributed by atoms with E-state index in [0.717, 1.165) is 44.9 Å². The number of hydrogen-bond donors (Lipinski definition) is 3. The molecule has 3 N–H and O–H groups in total. The van der Waals surface area contributed by atoms with Crippen molar-refractivity contribution in [1.82, 2.24) is 16.0 Å². The molecule has 0 aromatic carbocycles. The molecule has 0 radical (unpaired) electrons. The predicted molar refractivity (Wildman–Crippen MR) is 133 cm³/mol. The van der Waals surface area contributed by atoms with Gasteiger partial charge in [-0.3, -0.25) is 4.99 Å². The molecule has 0 aliphatic carbocycles. The third kappa shape index (κ3) is 10.4. The molecule has 2 heterocycles. The number of hydrogen-bond acceptors (Lipinski definition) is 5. The largest absolute Gasteiger partial charge is 0.444 e. The number of aliphatic imine (C=N–C) groups is 1. The van der Waals surface area contributed by atoms with Gasteiger partial charge < -0.3 is 25.6 Å². The van der Waals surface area contributed by atoms with Gasteiger partial charge in [-0.05, 0) is 64.5 Å². The number of thiophene rings is 1. The first kappa shape index (κ1) is 25.8. The fraction of sp³-hybridized carbons (Fsp3) is 0.700. The minimum absolute atomic E-state index is 0. The van der Waals surface area contributed by atoms with Gasteiger partial charge in [0.25, 0.3) is 0 Å². The summed E-state index contributed by atoms with van der Waals surface area (Å²) in [6, 6.07) is 4.74. The van der Waals surface area contributed by atoms with E-state index in [0.29, 0.717) is 19.1 Å². The van der Waals surface area contributed by atoms with Crippen LogP contribution in [-0.4, -0.2) is 56.4 Å². The van der Waals surface area contributed by atoms with E-state index in [-0.39, 0.29) is 30.1 Å². The molecule has 0 spiro atoms. The minimum atomic E-state index is -0.469. The first-order chi connectivity index (χ1) is 13.4. The molecule has 7 nitrogen and oxygen atoms in total. The summed E-state index contributed by atoms with van der Waals surface area (Å²) in [6.45, 7) is 11.8. The van der Waals surface area contributed by atoms with Crippen LogP contribution in [0.3, 0.4) is 0 Å². The number of guanidine groups is 1. The molecular formula is C20H36IN5O2S. The van der Waals surface area contributed by atoms with E-state index in [2.05, 4.69) is 50.3 Å². The van der Waals surface area contributed by atoms with Gasteiger partial charge in [-0.2, -0.15) is 0 Å². The van der Waals surface area contributed by atoms with Crippen molar-refractivity contribution in [2.45, 2.75) is 58.6 Å². The van der Waals surface area contributed by atoms with Crippen molar-refractivity contribution in [2.24, 2.45) is 4.99 Å². The van der Waals surface area contributed by atoms with Crippen molar-refractivity contribution in [2.75, 3.05) is 37.6 Å². The summed E-state index contributed by atoms with van der Waals surface area (Å²) >= 11 is 1.80. The summed E-state index contributed by atoms with van der Waals surface area (Å²) in [5, 5.41) is 13.1. The zero-order valence-corrected chi connectivity index (χ0v) is 21.1. The second-order valence-corrected chi connectivity index (χ2v) is 8.83. The normalized spacial score (nSPS) is 15.4. The SMILES string of the molecule is CCNC(=NCCCNC(=O)OC(C)(C)C)NC1CCN(c2cccs2)CC1.I. The van der Waals surface area contributed by atoms with Gasteiger partial charge in [0, 0.05) is 38.8 Å². The standard InChI is InChI=1S/C20H35N5O2S.HI/c1-5-21-18(22-11-7-12-23-19(26)27-20(2,3)4)24-16-9-13-25(14-10-16)17-8-6-15-28-17;/h6,8,15-16H,5,7,9-14H2,1-4H3,(H,23,26)(H2,21,22,24);1H. The Morgan fingerprint density at radius 1 is 1.31 bits per heavy atom. The highest BCUT2D eigenvalue weighted by atomic mass is 127. The summed E-state index contributed by atoms with van der Waals surface area (Å²) in [4.78, 5) is 18.7. The molecule has 1 aromatic rings. The fourth-order valence-corrected chi connectivity index (χ4v) is 3.77. The molecule has 1 aromatic heterocycles. The summed E-state index contributed by atoms with van der Waals surface area (Å²) < 4.78 is 5.23. The van der Waals surface area contributed by atoms with Crippen molar-refractivity contribution in [3.63, 3.8) is 0 Å². The number of ether oxygens (including phenoxy) is 1. The molecule has 1 aliphatic rings. The molecule has 29 heavy (non-hydrogen) atoms. The van der Waals surface area contributed by atoms with Crippen LogP contribution in [0.15, 0.2) is 22.5 Å². The second kappa shape index (κ2) is 13.1. The third-order valence-electron chi connectivity index (χ3n) is 4.27. The van der Waals surface area contributed by atoms with Crippen molar-refractivity contribution >= 4 is 52.4 Å². The predicted octanol–water partition coefficient (Wildman–Crippen LogP) is 3.80. The highest BCUT2D eigenvalue weighted by Crippen LogP contribution is 2.24.